The molecule has 4 unspecified atom stereocenters. The fraction of sp³-hybridized carbons (Fsp3) is 0.500. The number of carbonyl (C=O) groups is 6. The third kappa shape index (κ3) is 26.3. The Morgan fingerprint density at radius 3 is 1.97 bits per heavy atom. The van der Waals surface area contributed by atoms with E-state index in [1.807, 2.05) is 125 Å². The van der Waals surface area contributed by atoms with Crippen molar-refractivity contribution < 1.29 is 38.2 Å². The number of anilines is 1. The number of ether oxygens (including phenoxy) is 2. The molecule has 6 amide bonds. The van der Waals surface area contributed by atoms with Crippen molar-refractivity contribution in [1.29, 1.82) is 0 Å². The lowest BCUT2D eigenvalue weighted by Crippen LogP contribution is -2.47. The summed E-state index contributed by atoms with van der Waals surface area (Å²) in [5.74, 6) is -0.936. The molecule has 1 aromatic carbocycles. The molecular weight excluding hydrogens is 1110 g/mol. The van der Waals surface area contributed by atoms with Crippen LogP contribution in [0.25, 0.3) is 16.6 Å². The van der Waals surface area contributed by atoms with Crippen LogP contribution in [0, 0.1) is 5.92 Å². The Balaban J connectivity index is 0.00000131. The molecule has 7 N–H and O–H groups in total. The van der Waals surface area contributed by atoms with Crippen molar-refractivity contribution >= 4 is 52.0 Å². The molecule has 1 fully saturated rings. The Kier molecular flexibility index (Phi) is 42.1. The summed E-state index contributed by atoms with van der Waals surface area (Å²) in [5.41, 5.74) is 4.67. The first-order chi connectivity index (χ1) is 42.9. The molecule has 1 aliphatic carbocycles. The molecule has 0 saturated carbocycles. The van der Waals surface area contributed by atoms with Crippen LogP contribution in [0.5, 0.6) is 0 Å². The Morgan fingerprint density at radius 1 is 0.705 bits per heavy atom. The summed E-state index contributed by atoms with van der Waals surface area (Å²) in [6, 6.07) is 13.0. The standard InChI is InChI=1S/C48H61N9O6.C10H19N3O2.3C2H6.2C2H4/c1-4-5-6-17-42(55-46(59)34(2)54-45(58)31-49-3)35-27-37(30-51-28-35)57-33-41(39-16-8-10-19-44(39)57)48(61)53-22-13-24-63-26-25-62-23-12-21-52-47(60)40-32-56(36-14-11-20-50-29-36)43-18-9-7-15-38(40)43;1-8-4-3-5-13(8)10(15)7-12-9(14)6-11-2;5*1-2/h7-11,14-16,18-20,27-30,32-34,38,42-43,49H,4-6,12-13,17,21-26,31H2,1-3H3,(H,52,60)(H,53,61)(H,54,58)(H,55,59);8,11H,3-7H2,1-2H3,(H,12,14);3*1-2H3;2*1-2H2/t34?,38?,42-,43?;;;;;;/m0....../s1. The van der Waals surface area contributed by atoms with Crippen LogP contribution in [-0.4, -0.2) is 153 Å². The number of nitrogens with zero attached hydrogens (tertiary/aromatic N) is 5. The summed E-state index contributed by atoms with van der Waals surface area (Å²) in [4.78, 5) is 87.4. The average molecular weight is 1220 g/mol. The van der Waals surface area contributed by atoms with Crippen LogP contribution in [0.1, 0.15) is 136 Å². The molecule has 3 aromatic heterocycles. The Labute approximate surface area is 525 Å². The number of nitrogens with one attached hydrogen (secondary N) is 7. The largest absolute Gasteiger partial charge is 0.379 e. The number of likely N-dealkylation sites (N-methyl/N-ethyl adjacent to an activating group) is 2. The van der Waals surface area contributed by atoms with Crippen LogP contribution in [0.15, 0.2) is 136 Å². The minimum atomic E-state index is -0.706. The van der Waals surface area contributed by atoms with Crippen molar-refractivity contribution in [3.8, 4) is 5.69 Å². The van der Waals surface area contributed by atoms with Gasteiger partial charge in [-0.3, -0.25) is 38.7 Å². The van der Waals surface area contributed by atoms with E-state index >= 15 is 0 Å². The molecular formula is C68H106N12O8. The molecule has 486 valence electrons. The zero-order chi connectivity index (χ0) is 65.7. The van der Waals surface area contributed by atoms with Gasteiger partial charge in [0.15, 0.2) is 0 Å². The Morgan fingerprint density at radius 2 is 1.34 bits per heavy atom. The highest BCUT2D eigenvalue weighted by Gasteiger charge is 2.37. The number of unbranched alkanes of at least 4 members (excludes halogenated alkanes) is 2. The van der Waals surface area contributed by atoms with Gasteiger partial charge >= 0.3 is 0 Å². The number of hydrogen-bond donors (Lipinski definition) is 7. The molecule has 5 heterocycles. The first-order valence-corrected chi connectivity index (χ1v) is 31.4. The van der Waals surface area contributed by atoms with Crippen molar-refractivity contribution in [3.05, 3.63) is 147 Å². The summed E-state index contributed by atoms with van der Waals surface area (Å²) in [7, 11) is 3.38. The van der Waals surface area contributed by atoms with Crippen LogP contribution in [0.4, 0.5) is 5.69 Å². The van der Waals surface area contributed by atoms with Crippen LogP contribution in [0.2, 0.25) is 0 Å². The number of aromatic nitrogens is 3. The third-order valence-electron chi connectivity index (χ3n) is 13.7. The maximum absolute atomic E-state index is 13.5. The Bertz CT molecular complexity index is 2730. The van der Waals surface area contributed by atoms with E-state index in [1.54, 1.807) is 45.8 Å². The van der Waals surface area contributed by atoms with Crippen LogP contribution in [-0.2, 0) is 33.4 Å². The second-order valence-corrected chi connectivity index (χ2v) is 19.6. The SMILES string of the molecule is C=C.C=C.CC.CC.CC.CCCCC[C@H](NC(=O)C(C)NC(=O)CNC)c1cncc(-n2cc(C(=O)NCCCOCCOCCCNC(=O)C3=CN(c4cccnc4)C4C=CC=CC34)c3ccccc32)c1.CNCC(=O)NCC(=O)N1CCCC1C. The number of carbonyl (C=O) groups excluding carboxylic acids is 6. The van der Waals surface area contributed by atoms with E-state index in [0.29, 0.717) is 70.4 Å². The number of amides is 6. The van der Waals surface area contributed by atoms with Crippen LogP contribution < -0.4 is 42.1 Å². The van der Waals surface area contributed by atoms with E-state index in [2.05, 4.69) is 97.5 Å². The highest BCUT2D eigenvalue weighted by Crippen LogP contribution is 2.36. The van der Waals surface area contributed by atoms with Crippen molar-refractivity contribution in [1.82, 2.24) is 56.7 Å². The van der Waals surface area contributed by atoms with Gasteiger partial charge in [-0.15, -0.1) is 26.3 Å². The number of hydrogen-bond acceptors (Lipinski definition) is 13. The first kappa shape index (κ1) is 78.2. The van der Waals surface area contributed by atoms with Gasteiger partial charge in [0.05, 0.1) is 79.8 Å². The van der Waals surface area contributed by atoms with Gasteiger partial charge in [-0.2, -0.15) is 0 Å². The highest BCUT2D eigenvalue weighted by molar-refractivity contribution is 6.07. The second-order valence-electron chi connectivity index (χ2n) is 19.6. The topological polar surface area (TPSA) is 242 Å². The van der Waals surface area contributed by atoms with E-state index in [-0.39, 0.29) is 73.1 Å². The fourth-order valence-corrected chi connectivity index (χ4v) is 9.59. The molecule has 0 radical (unpaired) electrons. The number of para-hydroxylation sites is 1. The summed E-state index contributed by atoms with van der Waals surface area (Å²) < 4.78 is 13.4. The molecule has 20 nitrogen and oxygen atoms in total. The molecule has 3 aliphatic rings. The smallest absolute Gasteiger partial charge is 0.253 e. The predicted molar refractivity (Wildman–Crippen MR) is 358 cm³/mol. The summed E-state index contributed by atoms with van der Waals surface area (Å²) in [5, 5.41) is 20.9. The first-order valence-electron chi connectivity index (χ1n) is 31.4. The second kappa shape index (κ2) is 47.3. The van der Waals surface area contributed by atoms with Crippen molar-refractivity contribution in [2.45, 2.75) is 138 Å². The average Bonchev–Trinajstić information content (AvgIpc) is 4.48. The lowest BCUT2D eigenvalue weighted by Gasteiger charge is -2.27. The van der Waals surface area contributed by atoms with Crippen molar-refractivity contribution in [2.75, 3.05) is 84.7 Å². The van der Waals surface area contributed by atoms with Gasteiger partial charge in [-0.05, 0) is 89.9 Å². The number of allylic oxidation sites excluding steroid dienone is 2. The molecule has 4 aromatic rings. The van der Waals surface area contributed by atoms with Crippen molar-refractivity contribution in [2.24, 2.45) is 5.92 Å². The third-order valence-corrected chi connectivity index (χ3v) is 13.7. The lowest BCUT2D eigenvalue weighted by atomic mass is 9.90. The van der Waals surface area contributed by atoms with Crippen LogP contribution in [0.3, 0.4) is 0 Å². The van der Waals surface area contributed by atoms with Gasteiger partial charge in [-0.1, -0.05) is 110 Å². The van der Waals surface area contributed by atoms with E-state index in [0.717, 1.165) is 72.1 Å². The van der Waals surface area contributed by atoms with E-state index in [4.69, 9.17) is 9.47 Å². The zero-order valence-electron chi connectivity index (χ0n) is 54.8. The number of benzene rings is 1. The van der Waals surface area contributed by atoms with Gasteiger partial charge in [-0.25, -0.2) is 0 Å². The number of rotatable bonds is 29. The van der Waals surface area contributed by atoms with Crippen molar-refractivity contribution in [3.63, 3.8) is 0 Å². The van der Waals surface area contributed by atoms with Gasteiger partial charge in [0, 0.05) is 80.6 Å². The molecule has 1 saturated heterocycles. The molecule has 0 bridgehead atoms. The van der Waals surface area contributed by atoms with Gasteiger partial charge in [0.2, 0.25) is 29.5 Å². The van der Waals surface area contributed by atoms with Gasteiger partial charge < -0.3 is 61.1 Å². The Hall–Kier alpha value is -7.78. The molecule has 2 aliphatic heterocycles. The fourth-order valence-electron chi connectivity index (χ4n) is 9.59. The van der Waals surface area contributed by atoms with E-state index in [1.165, 1.54) is 0 Å². The minimum Gasteiger partial charge on any atom is -0.379 e. The minimum absolute atomic E-state index is 0.0180. The normalized spacial score (nSPS) is 15.4. The van der Waals surface area contributed by atoms with Gasteiger partial charge in [0.25, 0.3) is 5.91 Å². The maximum Gasteiger partial charge on any atom is 0.253 e. The van der Waals surface area contributed by atoms with Crippen LogP contribution >= 0.6 is 0 Å². The predicted octanol–water partition coefficient (Wildman–Crippen LogP) is 9.07. The summed E-state index contributed by atoms with van der Waals surface area (Å²) in [6.07, 6.45) is 26.1. The van der Waals surface area contributed by atoms with E-state index < -0.39 is 6.04 Å². The number of likely N-dealkylation sites (tertiary alicyclic amines) is 1. The van der Waals surface area contributed by atoms with Gasteiger partial charge in [0.1, 0.15) is 6.04 Å². The highest BCUT2D eigenvalue weighted by atomic mass is 16.5. The monoisotopic (exact) mass is 1220 g/mol. The summed E-state index contributed by atoms with van der Waals surface area (Å²) in [6.45, 7) is 33.9. The maximum atomic E-state index is 13.5. The molecule has 20 heteroatoms. The molecule has 5 atom stereocenters. The molecule has 88 heavy (non-hydrogen) atoms. The molecule has 0 spiro atoms. The zero-order valence-corrected chi connectivity index (χ0v) is 54.8. The van der Waals surface area contributed by atoms with E-state index in [9.17, 15) is 28.8 Å². The molecule has 7 rings (SSSR count). The summed E-state index contributed by atoms with van der Waals surface area (Å²) >= 11 is 0. The lowest BCUT2D eigenvalue weighted by molar-refractivity contribution is -0.133. The number of pyridine rings is 2. The number of fused-ring (bicyclic) bond motifs is 2. The quantitative estimate of drug-likeness (QED) is 0.0199.